The van der Waals surface area contributed by atoms with E-state index in [-0.39, 0.29) is 33.9 Å². The molecule has 3 aromatic rings. The maximum atomic E-state index is 13.4. The van der Waals surface area contributed by atoms with Crippen LogP contribution in [0.2, 0.25) is 0 Å². The fourth-order valence-electron chi connectivity index (χ4n) is 2.37. The summed E-state index contributed by atoms with van der Waals surface area (Å²) in [5, 5.41) is 16.9. The number of hydroxylamine groups is 1. The Bertz CT molecular complexity index is 1040. The van der Waals surface area contributed by atoms with Crippen molar-refractivity contribution in [1.29, 1.82) is 0 Å². The molecule has 0 aliphatic carbocycles. The standard InChI is InChI=1S/C18H14BrFN4O4/c1-27-12-4-2-3-10(7-12)16(25)9-15-17(24-28-23-15)18(22-26)21-11-5-6-14(20)13(19)8-11/h2-8,26H,9H2,1H3,(H,21,22). The van der Waals surface area contributed by atoms with Crippen LogP contribution in [0.5, 0.6) is 5.75 Å². The highest BCUT2D eigenvalue weighted by Gasteiger charge is 2.20. The Hall–Kier alpha value is -3.11. The van der Waals surface area contributed by atoms with E-state index >= 15 is 0 Å². The molecule has 0 aliphatic rings. The molecule has 144 valence electrons. The number of hydrogen-bond donors (Lipinski definition) is 2. The van der Waals surface area contributed by atoms with Crippen LogP contribution in [0.1, 0.15) is 21.7 Å². The van der Waals surface area contributed by atoms with Gasteiger partial charge in [-0.1, -0.05) is 17.3 Å². The zero-order valence-corrected chi connectivity index (χ0v) is 16.1. The molecule has 0 fully saturated rings. The zero-order valence-electron chi connectivity index (χ0n) is 14.5. The van der Waals surface area contributed by atoms with Gasteiger partial charge in [0, 0.05) is 5.56 Å². The lowest BCUT2D eigenvalue weighted by molar-refractivity contribution is 0.0990. The van der Waals surface area contributed by atoms with Gasteiger partial charge >= 0.3 is 0 Å². The number of Topliss-reactive ketones (excluding diaryl/α,β-unsaturated/α-hetero) is 1. The first kappa shape index (κ1) is 19.6. The monoisotopic (exact) mass is 448 g/mol. The van der Waals surface area contributed by atoms with Crippen molar-refractivity contribution in [1.82, 2.24) is 15.8 Å². The van der Waals surface area contributed by atoms with Crippen LogP contribution in [0.3, 0.4) is 0 Å². The number of methoxy groups -OCH3 is 1. The second kappa shape index (κ2) is 8.72. The summed E-state index contributed by atoms with van der Waals surface area (Å²) in [6.07, 6.45) is -0.139. The van der Waals surface area contributed by atoms with Gasteiger partial charge in [-0.05, 0) is 51.4 Å². The number of ether oxygens (including phenoxy) is 1. The Labute approximate surface area is 167 Å². The van der Waals surface area contributed by atoms with Crippen LogP contribution >= 0.6 is 15.9 Å². The molecular formula is C18H14BrFN4O4. The number of aromatic nitrogens is 2. The van der Waals surface area contributed by atoms with Crippen LogP contribution in [-0.4, -0.2) is 34.2 Å². The summed E-state index contributed by atoms with van der Waals surface area (Å²) >= 11 is 3.06. The normalized spacial score (nSPS) is 11.4. The number of hydrogen-bond acceptors (Lipinski definition) is 7. The summed E-state index contributed by atoms with van der Waals surface area (Å²) < 4.78 is 23.4. The molecule has 0 saturated heterocycles. The van der Waals surface area contributed by atoms with Crippen molar-refractivity contribution in [2.75, 3.05) is 7.11 Å². The second-order valence-corrected chi connectivity index (χ2v) is 6.42. The van der Waals surface area contributed by atoms with E-state index in [2.05, 4.69) is 31.2 Å². The summed E-state index contributed by atoms with van der Waals surface area (Å²) in [6.45, 7) is 0. The third-order valence-corrected chi connectivity index (χ3v) is 4.36. The molecule has 0 saturated carbocycles. The summed E-state index contributed by atoms with van der Waals surface area (Å²) in [7, 11) is 1.51. The number of carbonyl (C=O) groups excluding carboxylic acids is 1. The molecule has 28 heavy (non-hydrogen) atoms. The van der Waals surface area contributed by atoms with E-state index < -0.39 is 5.82 Å². The van der Waals surface area contributed by atoms with Gasteiger partial charge in [0.25, 0.3) is 0 Å². The van der Waals surface area contributed by atoms with Crippen LogP contribution in [0.4, 0.5) is 10.1 Å². The predicted octanol–water partition coefficient (Wildman–Crippen LogP) is 3.46. The average Bonchev–Trinajstić information content (AvgIpc) is 3.16. The first-order chi connectivity index (χ1) is 13.5. The van der Waals surface area contributed by atoms with Crippen molar-refractivity contribution < 1.29 is 23.8 Å². The van der Waals surface area contributed by atoms with Crippen LogP contribution in [-0.2, 0) is 6.42 Å². The molecule has 0 bridgehead atoms. The van der Waals surface area contributed by atoms with Crippen LogP contribution in [0.25, 0.3) is 0 Å². The number of aliphatic imine (C=N–C) groups is 1. The van der Waals surface area contributed by atoms with Gasteiger partial charge in [-0.2, -0.15) is 0 Å². The summed E-state index contributed by atoms with van der Waals surface area (Å²) in [5.41, 5.74) is 2.89. The Morgan fingerprint density at radius 3 is 2.86 bits per heavy atom. The quantitative estimate of drug-likeness (QED) is 0.257. The molecule has 2 N–H and O–H groups in total. The average molecular weight is 449 g/mol. The third-order valence-electron chi connectivity index (χ3n) is 3.75. The van der Waals surface area contributed by atoms with Crippen molar-refractivity contribution in [3.05, 3.63) is 69.7 Å². The molecule has 3 rings (SSSR count). The molecular weight excluding hydrogens is 435 g/mol. The van der Waals surface area contributed by atoms with Crippen molar-refractivity contribution in [2.24, 2.45) is 4.99 Å². The second-order valence-electron chi connectivity index (χ2n) is 5.56. The van der Waals surface area contributed by atoms with Gasteiger partial charge in [0.1, 0.15) is 17.3 Å². The molecule has 0 amide bonds. The zero-order chi connectivity index (χ0) is 20.1. The van der Waals surface area contributed by atoms with E-state index in [9.17, 15) is 14.4 Å². The number of halogens is 2. The van der Waals surface area contributed by atoms with E-state index in [4.69, 9.17) is 9.37 Å². The third kappa shape index (κ3) is 4.41. The number of ketones is 1. The van der Waals surface area contributed by atoms with Crippen LogP contribution in [0, 0.1) is 5.82 Å². The highest BCUT2D eigenvalue weighted by Crippen LogP contribution is 2.23. The predicted molar refractivity (Wildman–Crippen MR) is 101 cm³/mol. The van der Waals surface area contributed by atoms with Crippen molar-refractivity contribution in [2.45, 2.75) is 6.42 Å². The minimum atomic E-state index is -0.454. The van der Waals surface area contributed by atoms with Gasteiger partial charge in [0.15, 0.2) is 17.3 Å². The maximum absolute atomic E-state index is 13.4. The molecule has 0 spiro atoms. The van der Waals surface area contributed by atoms with Crippen LogP contribution in [0.15, 0.2) is 56.6 Å². The van der Waals surface area contributed by atoms with Gasteiger partial charge in [0.2, 0.25) is 0 Å². The van der Waals surface area contributed by atoms with Gasteiger partial charge in [-0.25, -0.2) is 14.0 Å². The molecule has 0 aliphatic heterocycles. The SMILES string of the molecule is COc1cccc(C(=O)Cc2nonc2C(=Nc2ccc(F)c(Br)c2)NO)c1. The highest BCUT2D eigenvalue weighted by atomic mass is 79.9. The molecule has 0 atom stereocenters. The highest BCUT2D eigenvalue weighted by molar-refractivity contribution is 9.10. The number of nitrogens with one attached hydrogen (secondary N) is 1. The first-order valence-electron chi connectivity index (χ1n) is 7.94. The molecule has 10 heteroatoms. The molecule has 0 radical (unpaired) electrons. The topological polar surface area (TPSA) is 110 Å². The van der Waals surface area contributed by atoms with Gasteiger partial charge in [0.05, 0.1) is 23.7 Å². The Morgan fingerprint density at radius 1 is 1.32 bits per heavy atom. The summed E-state index contributed by atoms with van der Waals surface area (Å²) in [6, 6.07) is 10.7. The van der Waals surface area contributed by atoms with Gasteiger partial charge in [-0.15, -0.1) is 0 Å². The number of benzene rings is 2. The minimum absolute atomic E-state index is 0.0548. The van der Waals surface area contributed by atoms with E-state index in [1.165, 1.54) is 25.3 Å². The molecule has 8 nitrogen and oxygen atoms in total. The lowest BCUT2D eigenvalue weighted by Gasteiger charge is -2.05. The summed E-state index contributed by atoms with van der Waals surface area (Å²) in [4.78, 5) is 16.7. The van der Waals surface area contributed by atoms with E-state index in [1.807, 2.05) is 5.48 Å². The van der Waals surface area contributed by atoms with Crippen molar-refractivity contribution in [3.63, 3.8) is 0 Å². The summed E-state index contributed by atoms with van der Waals surface area (Å²) in [5.74, 6) is -0.262. The van der Waals surface area contributed by atoms with Crippen molar-refractivity contribution >= 4 is 33.2 Å². The smallest absolute Gasteiger partial charge is 0.182 e. The Morgan fingerprint density at radius 2 is 2.14 bits per heavy atom. The maximum Gasteiger partial charge on any atom is 0.182 e. The van der Waals surface area contributed by atoms with Gasteiger partial charge in [-0.3, -0.25) is 15.5 Å². The first-order valence-corrected chi connectivity index (χ1v) is 8.74. The largest absolute Gasteiger partial charge is 0.497 e. The molecule has 1 aromatic heterocycles. The number of rotatable bonds is 6. The molecule has 1 heterocycles. The Kier molecular flexibility index (Phi) is 6.12. The van der Waals surface area contributed by atoms with Gasteiger partial charge < -0.3 is 4.74 Å². The van der Waals surface area contributed by atoms with E-state index in [0.29, 0.717) is 17.0 Å². The lowest BCUT2D eigenvalue weighted by atomic mass is 10.1. The number of carbonyl (C=O) groups is 1. The lowest BCUT2D eigenvalue weighted by Crippen LogP contribution is -2.22. The fourth-order valence-corrected chi connectivity index (χ4v) is 2.73. The fraction of sp³-hybridized carbons (Fsp3) is 0.111. The molecule has 0 unspecified atom stereocenters. The number of amidine groups is 1. The van der Waals surface area contributed by atoms with Crippen LogP contribution < -0.4 is 10.2 Å². The number of nitrogens with zero attached hydrogens (tertiary/aromatic N) is 3. The Balaban J connectivity index is 1.87. The molecule has 2 aromatic carbocycles. The van der Waals surface area contributed by atoms with E-state index in [0.717, 1.165) is 0 Å². The minimum Gasteiger partial charge on any atom is -0.497 e. The van der Waals surface area contributed by atoms with E-state index in [1.54, 1.807) is 24.3 Å². The van der Waals surface area contributed by atoms with Crippen molar-refractivity contribution in [3.8, 4) is 5.75 Å².